The molecule has 3 rings (SSSR count). The van der Waals surface area contributed by atoms with Crippen LogP contribution in [-0.2, 0) is 22.6 Å². The Kier molecular flexibility index (Phi) is 5.35. The fourth-order valence-electron chi connectivity index (χ4n) is 3.00. The highest BCUT2D eigenvalue weighted by molar-refractivity contribution is 6.07. The number of hydrogen-bond acceptors (Lipinski definition) is 2. The lowest BCUT2D eigenvalue weighted by Gasteiger charge is -2.15. The molecule has 0 aliphatic heterocycles. The molecule has 0 saturated heterocycles. The van der Waals surface area contributed by atoms with Crippen LogP contribution < -0.4 is 10.6 Å². The molecular formula is C21H23FN2O2. The Morgan fingerprint density at radius 1 is 1.00 bits per heavy atom. The van der Waals surface area contributed by atoms with Crippen molar-refractivity contribution in [3.05, 3.63) is 71.0 Å². The third-order valence-corrected chi connectivity index (χ3v) is 4.77. The number of carbonyl (C=O) groups is 2. The van der Waals surface area contributed by atoms with Crippen LogP contribution in [-0.4, -0.2) is 18.4 Å². The Morgan fingerprint density at radius 3 is 2.35 bits per heavy atom. The molecule has 1 fully saturated rings. The number of hydrogen-bond donors (Lipinski definition) is 2. The number of halogens is 1. The molecule has 2 N–H and O–H groups in total. The smallest absolute Gasteiger partial charge is 0.235 e. The Bertz CT molecular complexity index is 798. The molecule has 0 radical (unpaired) electrons. The molecule has 1 aliphatic rings. The van der Waals surface area contributed by atoms with Gasteiger partial charge in [-0.1, -0.05) is 42.0 Å². The molecule has 2 aromatic carbocycles. The first-order chi connectivity index (χ1) is 12.5. The highest BCUT2D eigenvalue weighted by Crippen LogP contribution is 2.46. The fourth-order valence-corrected chi connectivity index (χ4v) is 3.00. The van der Waals surface area contributed by atoms with Gasteiger partial charge in [-0.25, -0.2) is 4.39 Å². The monoisotopic (exact) mass is 354 g/mol. The Balaban J connectivity index is 1.48. The molecule has 1 saturated carbocycles. The van der Waals surface area contributed by atoms with Gasteiger partial charge in [0.25, 0.3) is 0 Å². The van der Waals surface area contributed by atoms with Crippen molar-refractivity contribution in [1.29, 1.82) is 0 Å². The molecule has 5 heteroatoms. The van der Waals surface area contributed by atoms with Gasteiger partial charge >= 0.3 is 0 Å². The van der Waals surface area contributed by atoms with E-state index in [-0.39, 0.29) is 17.6 Å². The summed E-state index contributed by atoms with van der Waals surface area (Å²) in [5.41, 5.74) is 2.18. The highest BCUT2D eigenvalue weighted by Gasteiger charge is 2.56. The zero-order chi connectivity index (χ0) is 18.6. The molecule has 4 nitrogen and oxygen atoms in total. The number of rotatable bonds is 7. The minimum atomic E-state index is -0.924. The van der Waals surface area contributed by atoms with Crippen LogP contribution in [0.3, 0.4) is 0 Å². The van der Waals surface area contributed by atoms with Gasteiger partial charge in [-0.05, 0) is 49.4 Å². The molecule has 2 amide bonds. The van der Waals surface area contributed by atoms with Gasteiger partial charge in [-0.3, -0.25) is 9.59 Å². The zero-order valence-electron chi connectivity index (χ0n) is 14.8. The van der Waals surface area contributed by atoms with Crippen LogP contribution >= 0.6 is 0 Å². The van der Waals surface area contributed by atoms with Crippen molar-refractivity contribution in [1.82, 2.24) is 10.6 Å². The minimum Gasteiger partial charge on any atom is -0.355 e. The molecule has 136 valence electrons. The summed E-state index contributed by atoms with van der Waals surface area (Å²) in [5.74, 6) is -0.709. The van der Waals surface area contributed by atoms with Gasteiger partial charge < -0.3 is 10.6 Å². The third kappa shape index (κ3) is 4.28. The number of aryl methyl sites for hydroxylation is 1. The predicted molar refractivity (Wildman–Crippen MR) is 97.8 cm³/mol. The third-order valence-electron chi connectivity index (χ3n) is 4.77. The number of nitrogens with one attached hydrogen (secondary N) is 2. The highest BCUT2D eigenvalue weighted by atomic mass is 19.1. The second-order valence-electron chi connectivity index (χ2n) is 6.89. The molecule has 0 spiro atoms. The summed E-state index contributed by atoms with van der Waals surface area (Å²) < 4.78 is 12.9. The van der Waals surface area contributed by atoms with E-state index in [0.717, 1.165) is 16.7 Å². The van der Waals surface area contributed by atoms with Crippen molar-refractivity contribution < 1.29 is 14.0 Å². The van der Waals surface area contributed by atoms with Crippen LogP contribution in [0.25, 0.3) is 0 Å². The van der Waals surface area contributed by atoms with Gasteiger partial charge in [0.1, 0.15) is 11.2 Å². The Morgan fingerprint density at radius 2 is 1.69 bits per heavy atom. The van der Waals surface area contributed by atoms with Crippen molar-refractivity contribution in [2.45, 2.75) is 32.7 Å². The average molecular weight is 354 g/mol. The van der Waals surface area contributed by atoms with Crippen molar-refractivity contribution in [3.63, 3.8) is 0 Å². The van der Waals surface area contributed by atoms with E-state index in [9.17, 15) is 14.0 Å². The van der Waals surface area contributed by atoms with E-state index in [1.807, 2.05) is 31.2 Å². The molecule has 0 bridgehead atoms. The van der Waals surface area contributed by atoms with E-state index < -0.39 is 5.41 Å². The fraction of sp³-hybridized carbons (Fsp3) is 0.333. The van der Waals surface area contributed by atoms with Gasteiger partial charge in [0.2, 0.25) is 11.8 Å². The molecule has 0 unspecified atom stereocenters. The van der Waals surface area contributed by atoms with Gasteiger partial charge in [0.15, 0.2) is 0 Å². The maximum absolute atomic E-state index is 12.9. The molecule has 0 heterocycles. The summed E-state index contributed by atoms with van der Waals surface area (Å²) >= 11 is 0. The normalized spacial score (nSPS) is 14.5. The molecule has 2 aromatic rings. The topological polar surface area (TPSA) is 58.2 Å². The second-order valence-corrected chi connectivity index (χ2v) is 6.89. The molecule has 0 aromatic heterocycles. The van der Waals surface area contributed by atoms with Crippen LogP contribution in [0, 0.1) is 18.2 Å². The maximum atomic E-state index is 12.9. The first-order valence-corrected chi connectivity index (χ1v) is 8.86. The van der Waals surface area contributed by atoms with Crippen LogP contribution in [0.4, 0.5) is 4.39 Å². The minimum absolute atomic E-state index is 0.210. The molecule has 26 heavy (non-hydrogen) atoms. The maximum Gasteiger partial charge on any atom is 0.235 e. The van der Waals surface area contributed by atoms with Crippen LogP contribution in [0.1, 0.15) is 29.5 Å². The van der Waals surface area contributed by atoms with E-state index in [2.05, 4.69) is 10.6 Å². The summed E-state index contributed by atoms with van der Waals surface area (Å²) in [6, 6.07) is 14.1. The number of benzene rings is 2. The lowest BCUT2D eigenvalue weighted by atomic mass is 10.0. The Labute approximate surface area is 152 Å². The molecule has 1 aliphatic carbocycles. The van der Waals surface area contributed by atoms with Crippen molar-refractivity contribution in [2.75, 3.05) is 6.54 Å². The van der Waals surface area contributed by atoms with E-state index in [0.29, 0.717) is 32.4 Å². The lowest BCUT2D eigenvalue weighted by molar-refractivity contribution is -0.137. The molecular weight excluding hydrogens is 331 g/mol. The largest absolute Gasteiger partial charge is 0.355 e. The van der Waals surface area contributed by atoms with Gasteiger partial charge in [0.05, 0.1) is 0 Å². The van der Waals surface area contributed by atoms with Crippen molar-refractivity contribution in [2.24, 2.45) is 5.41 Å². The predicted octanol–water partition coefficient (Wildman–Crippen LogP) is 2.89. The van der Waals surface area contributed by atoms with E-state index in [1.54, 1.807) is 12.1 Å². The SMILES string of the molecule is Cc1cccc(CNC(=O)C2(C(=O)NCCc3ccc(F)cc3)CC2)c1. The number of amides is 2. The van der Waals surface area contributed by atoms with E-state index in [4.69, 9.17) is 0 Å². The van der Waals surface area contributed by atoms with E-state index >= 15 is 0 Å². The Hall–Kier alpha value is -2.69. The standard InChI is InChI=1S/C21H23FN2O2/c1-15-3-2-4-17(13-15)14-24-20(26)21(10-11-21)19(25)23-12-9-16-5-7-18(22)8-6-16/h2-8,13H,9-12,14H2,1H3,(H,23,25)(H,24,26). The van der Waals surface area contributed by atoms with E-state index in [1.165, 1.54) is 12.1 Å². The quantitative estimate of drug-likeness (QED) is 0.751. The number of carbonyl (C=O) groups excluding carboxylic acids is 2. The lowest BCUT2D eigenvalue weighted by Crippen LogP contribution is -2.43. The van der Waals surface area contributed by atoms with Gasteiger partial charge in [-0.2, -0.15) is 0 Å². The molecule has 0 atom stereocenters. The van der Waals surface area contributed by atoms with Gasteiger partial charge in [0, 0.05) is 13.1 Å². The van der Waals surface area contributed by atoms with Crippen LogP contribution in [0.15, 0.2) is 48.5 Å². The summed E-state index contributed by atoms with van der Waals surface area (Å²) in [5, 5.41) is 5.73. The van der Waals surface area contributed by atoms with Crippen molar-refractivity contribution >= 4 is 11.8 Å². The van der Waals surface area contributed by atoms with Gasteiger partial charge in [-0.15, -0.1) is 0 Å². The second kappa shape index (κ2) is 7.68. The zero-order valence-corrected chi connectivity index (χ0v) is 14.8. The van der Waals surface area contributed by atoms with Crippen molar-refractivity contribution in [3.8, 4) is 0 Å². The van der Waals surface area contributed by atoms with Crippen LogP contribution in [0.5, 0.6) is 0 Å². The first kappa shape index (κ1) is 18.1. The average Bonchev–Trinajstić information content (AvgIpc) is 3.43. The first-order valence-electron chi connectivity index (χ1n) is 8.86. The summed E-state index contributed by atoms with van der Waals surface area (Å²) in [6.45, 7) is 2.85. The summed E-state index contributed by atoms with van der Waals surface area (Å²) in [4.78, 5) is 24.9. The summed E-state index contributed by atoms with van der Waals surface area (Å²) in [7, 11) is 0. The summed E-state index contributed by atoms with van der Waals surface area (Å²) in [6.07, 6.45) is 1.76. The van der Waals surface area contributed by atoms with Crippen LogP contribution in [0.2, 0.25) is 0 Å².